The molecule has 9 nitrogen and oxygen atoms in total. The van der Waals surface area contributed by atoms with Crippen LogP contribution < -0.4 is 20.3 Å². The lowest BCUT2D eigenvalue weighted by molar-refractivity contribution is 0.0948. The predicted octanol–water partition coefficient (Wildman–Crippen LogP) is 1.68. The topological polar surface area (TPSA) is 113 Å². The number of sulfonamides is 1. The highest BCUT2D eigenvalue weighted by molar-refractivity contribution is 7.92. The number of hydrogen-bond acceptors (Lipinski definition) is 7. The van der Waals surface area contributed by atoms with Crippen molar-refractivity contribution >= 4 is 27.4 Å². The van der Waals surface area contributed by atoms with Gasteiger partial charge in [-0.25, -0.2) is 13.4 Å². The molecule has 0 saturated carbocycles. The predicted molar refractivity (Wildman–Crippen MR) is 125 cm³/mol. The molecule has 1 aromatic heterocycles. The Balaban J connectivity index is 1.89. The number of benzene rings is 1. The van der Waals surface area contributed by atoms with Crippen LogP contribution in [0.3, 0.4) is 0 Å². The van der Waals surface area contributed by atoms with Crippen LogP contribution in [0.5, 0.6) is 0 Å². The number of carbonyl (C=O) groups is 1. The highest BCUT2D eigenvalue weighted by atomic mass is 32.2. The molecule has 0 aliphatic carbocycles. The third-order valence-electron chi connectivity index (χ3n) is 5.22. The zero-order chi connectivity index (χ0) is 23.1. The van der Waals surface area contributed by atoms with Crippen LogP contribution in [0.25, 0.3) is 0 Å². The van der Waals surface area contributed by atoms with E-state index in [1.54, 1.807) is 32.2 Å². The first-order valence-electron chi connectivity index (χ1n) is 10.6. The first-order valence-corrected chi connectivity index (χ1v) is 12.1. The Bertz CT molecular complexity index is 1050. The molecule has 10 heteroatoms. The molecule has 3 N–H and O–H groups in total. The lowest BCUT2D eigenvalue weighted by atomic mass is 10.2. The van der Waals surface area contributed by atoms with E-state index < -0.39 is 10.0 Å². The number of piperazine rings is 1. The van der Waals surface area contributed by atoms with Crippen molar-refractivity contribution in [3.8, 4) is 0 Å². The molecule has 0 atom stereocenters. The van der Waals surface area contributed by atoms with Crippen molar-refractivity contribution in [2.45, 2.75) is 25.2 Å². The second-order valence-electron chi connectivity index (χ2n) is 7.81. The monoisotopic (exact) mass is 461 g/mol. The van der Waals surface area contributed by atoms with E-state index in [1.807, 2.05) is 17.9 Å². The van der Waals surface area contributed by atoms with Gasteiger partial charge in [0, 0.05) is 46.4 Å². The summed E-state index contributed by atoms with van der Waals surface area (Å²) in [5.74, 6) is 0.250. The van der Waals surface area contributed by atoms with Gasteiger partial charge in [-0.1, -0.05) is 12.1 Å². The van der Waals surface area contributed by atoms with Gasteiger partial charge in [-0.3, -0.25) is 9.52 Å². The number of rotatable bonds is 9. The molecule has 1 aromatic carbocycles. The molecule has 1 amide bonds. The molecule has 2 heterocycles. The van der Waals surface area contributed by atoms with Crippen LogP contribution in [0, 0.1) is 13.8 Å². The van der Waals surface area contributed by atoms with Gasteiger partial charge in [0.15, 0.2) is 0 Å². The quantitative estimate of drug-likeness (QED) is 0.487. The zero-order valence-electron chi connectivity index (χ0n) is 18.8. The van der Waals surface area contributed by atoms with Crippen LogP contribution in [-0.2, 0) is 14.8 Å². The number of hydrogen-bond donors (Lipinski definition) is 3. The van der Waals surface area contributed by atoms with Crippen molar-refractivity contribution in [3.63, 3.8) is 0 Å². The lowest BCUT2D eigenvalue weighted by Crippen LogP contribution is -2.44. The van der Waals surface area contributed by atoms with Crippen molar-refractivity contribution in [1.29, 1.82) is 0 Å². The minimum atomic E-state index is -3.83. The van der Waals surface area contributed by atoms with Crippen LogP contribution in [0.2, 0.25) is 0 Å². The Morgan fingerprint density at radius 1 is 1.22 bits per heavy atom. The molecule has 0 radical (unpaired) electrons. The standard InChI is InChI=1S/C22H31N5O4S/c1-16-5-6-17(2)20(13-16)32(29,30)26-18-14-19(22(28)24-7-4-12-31-3)21(25-15-18)27-10-8-23-9-11-27/h5-6,13-15,23,26H,4,7-12H2,1-3H3,(H,24,28). The van der Waals surface area contributed by atoms with E-state index in [9.17, 15) is 13.2 Å². The number of methoxy groups -OCH3 is 1. The Morgan fingerprint density at radius 2 is 1.97 bits per heavy atom. The van der Waals surface area contributed by atoms with Gasteiger partial charge in [0.05, 0.1) is 22.3 Å². The molecular weight excluding hydrogens is 430 g/mol. The number of aryl methyl sites for hydroxylation is 2. The average Bonchev–Trinajstić information content (AvgIpc) is 2.78. The number of ether oxygens (including phenoxy) is 1. The van der Waals surface area contributed by atoms with E-state index in [2.05, 4.69) is 20.3 Å². The summed E-state index contributed by atoms with van der Waals surface area (Å²) >= 11 is 0. The van der Waals surface area contributed by atoms with E-state index in [1.165, 1.54) is 6.20 Å². The Kier molecular flexibility index (Phi) is 8.05. The van der Waals surface area contributed by atoms with Gasteiger partial charge < -0.3 is 20.3 Å². The number of nitrogens with zero attached hydrogens (tertiary/aromatic N) is 2. The molecule has 1 aliphatic rings. The summed E-state index contributed by atoms with van der Waals surface area (Å²) in [4.78, 5) is 19.7. The maximum absolute atomic E-state index is 13.0. The van der Waals surface area contributed by atoms with Crippen LogP contribution in [0.4, 0.5) is 11.5 Å². The molecule has 1 fully saturated rings. The van der Waals surface area contributed by atoms with Gasteiger partial charge in [0.2, 0.25) is 0 Å². The van der Waals surface area contributed by atoms with Crippen molar-refractivity contribution in [3.05, 3.63) is 47.2 Å². The summed E-state index contributed by atoms with van der Waals surface area (Å²) in [5.41, 5.74) is 2.07. The lowest BCUT2D eigenvalue weighted by Gasteiger charge is -2.30. The third kappa shape index (κ3) is 5.96. The van der Waals surface area contributed by atoms with Gasteiger partial charge in [0.25, 0.3) is 15.9 Å². The van der Waals surface area contributed by atoms with Crippen molar-refractivity contribution in [1.82, 2.24) is 15.6 Å². The van der Waals surface area contributed by atoms with Crippen LogP contribution in [-0.4, -0.2) is 65.7 Å². The minimum Gasteiger partial charge on any atom is -0.385 e. The van der Waals surface area contributed by atoms with Gasteiger partial charge >= 0.3 is 0 Å². The van der Waals surface area contributed by atoms with E-state index in [0.717, 1.165) is 18.7 Å². The molecule has 0 bridgehead atoms. The average molecular weight is 462 g/mol. The molecule has 1 aliphatic heterocycles. The van der Waals surface area contributed by atoms with Gasteiger partial charge in [-0.15, -0.1) is 0 Å². The Morgan fingerprint density at radius 3 is 2.69 bits per heavy atom. The SMILES string of the molecule is COCCCNC(=O)c1cc(NS(=O)(=O)c2cc(C)ccc2C)cnc1N1CCNCC1. The Labute approximate surface area is 189 Å². The maximum atomic E-state index is 13.0. The molecule has 3 rings (SSSR count). The van der Waals surface area contributed by atoms with Crippen molar-refractivity contribution in [2.24, 2.45) is 0 Å². The summed E-state index contributed by atoms with van der Waals surface area (Å²) in [7, 11) is -2.22. The highest BCUT2D eigenvalue weighted by Gasteiger charge is 2.23. The smallest absolute Gasteiger partial charge is 0.262 e. The summed E-state index contributed by atoms with van der Waals surface area (Å²) in [6, 6.07) is 6.82. The van der Waals surface area contributed by atoms with Gasteiger partial charge in [-0.2, -0.15) is 0 Å². The van der Waals surface area contributed by atoms with Crippen molar-refractivity contribution in [2.75, 3.05) is 56.1 Å². The van der Waals surface area contributed by atoms with Gasteiger partial charge in [-0.05, 0) is 43.5 Å². The van der Waals surface area contributed by atoms with Crippen LogP contribution >= 0.6 is 0 Å². The minimum absolute atomic E-state index is 0.203. The molecule has 2 aromatic rings. The number of nitrogens with one attached hydrogen (secondary N) is 3. The zero-order valence-corrected chi connectivity index (χ0v) is 19.6. The second-order valence-corrected chi connectivity index (χ2v) is 9.46. The first kappa shape index (κ1) is 24.0. The number of carbonyl (C=O) groups excluding carboxylic acids is 1. The van der Waals surface area contributed by atoms with Crippen molar-refractivity contribution < 1.29 is 17.9 Å². The number of aromatic nitrogens is 1. The number of amides is 1. The molecule has 32 heavy (non-hydrogen) atoms. The first-order chi connectivity index (χ1) is 15.3. The molecule has 1 saturated heterocycles. The van der Waals surface area contributed by atoms with E-state index in [-0.39, 0.29) is 16.5 Å². The summed E-state index contributed by atoms with van der Waals surface area (Å²) in [6.07, 6.45) is 2.14. The molecule has 174 valence electrons. The van der Waals surface area contributed by atoms with Gasteiger partial charge in [0.1, 0.15) is 5.82 Å². The summed E-state index contributed by atoms with van der Waals surface area (Å²) < 4.78 is 33.6. The van der Waals surface area contributed by atoms with E-state index >= 15 is 0 Å². The summed E-state index contributed by atoms with van der Waals surface area (Å²) in [6.45, 7) is 7.59. The fraction of sp³-hybridized carbons (Fsp3) is 0.455. The molecular formula is C22H31N5O4S. The third-order valence-corrected chi connectivity index (χ3v) is 6.75. The molecule has 0 spiro atoms. The fourth-order valence-corrected chi connectivity index (χ4v) is 4.89. The largest absolute Gasteiger partial charge is 0.385 e. The number of anilines is 2. The Hall–Kier alpha value is -2.69. The normalized spacial score (nSPS) is 14.3. The highest BCUT2D eigenvalue weighted by Crippen LogP contribution is 2.25. The maximum Gasteiger partial charge on any atom is 0.262 e. The molecule has 0 unspecified atom stereocenters. The van der Waals surface area contributed by atoms with Crippen LogP contribution in [0.15, 0.2) is 35.4 Å². The fourth-order valence-electron chi connectivity index (χ4n) is 3.53. The van der Waals surface area contributed by atoms with E-state index in [0.29, 0.717) is 49.6 Å². The summed E-state index contributed by atoms with van der Waals surface area (Å²) in [5, 5.41) is 6.15. The van der Waals surface area contributed by atoms with E-state index in [4.69, 9.17) is 4.74 Å². The van der Waals surface area contributed by atoms with Crippen LogP contribution in [0.1, 0.15) is 27.9 Å². The number of pyridine rings is 1. The second kappa shape index (κ2) is 10.8.